The molecule has 2 rings (SSSR count). The Hall–Kier alpha value is -3.27. The van der Waals surface area contributed by atoms with Gasteiger partial charge in [-0.05, 0) is 25.5 Å². The van der Waals surface area contributed by atoms with Gasteiger partial charge in [0, 0.05) is 13.5 Å². The van der Waals surface area contributed by atoms with Crippen LogP contribution >= 0.6 is 0 Å². The Labute approximate surface area is 166 Å². The van der Waals surface area contributed by atoms with Crippen molar-refractivity contribution in [3.8, 4) is 0 Å². The summed E-state index contributed by atoms with van der Waals surface area (Å²) in [6.07, 6.45) is -1.34. The maximum atomic E-state index is 12.5. The van der Waals surface area contributed by atoms with Gasteiger partial charge in [-0.15, -0.1) is 0 Å². The van der Waals surface area contributed by atoms with Crippen LogP contribution in [0.3, 0.4) is 0 Å². The number of ether oxygens (including phenoxy) is 2. The standard InChI is InChI=1S/C19H22N2O8/c1-10(28-2)15(19(27)29-3)20-14(22)9-8-13(18(25)26)21-16(23)11-6-4-5-7-12(11)17(21)24/h4-7,10,13,15H,8-9H2,1-3H3,(H,20,22)(H,25,26)/t10?,13?,15-/m0/s1. The van der Waals surface area contributed by atoms with Crippen molar-refractivity contribution < 1.29 is 38.6 Å². The molecular formula is C19H22N2O8. The van der Waals surface area contributed by atoms with Crippen LogP contribution in [0.1, 0.15) is 40.5 Å². The zero-order valence-corrected chi connectivity index (χ0v) is 16.2. The third-order valence-electron chi connectivity index (χ3n) is 4.68. The quantitative estimate of drug-likeness (QED) is 0.438. The van der Waals surface area contributed by atoms with Gasteiger partial charge in [-0.1, -0.05) is 12.1 Å². The number of esters is 1. The first kappa shape index (κ1) is 22.0. The summed E-state index contributed by atoms with van der Waals surface area (Å²) in [6.45, 7) is 1.56. The van der Waals surface area contributed by atoms with Gasteiger partial charge in [-0.2, -0.15) is 0 Å². The van der Waals surface area contributed by atoms with E-state index in [9.17, 15) is 29.1 Å². The van der Waals surface area contributed by atoms with Crippen LogP contribution in [0.5, 0.6) is 0 Å². The first-order valence-electron chi connectivity index (χ1n) is 8.82. The number of benzene rings is 1. The Morgan fingerprint density at radius 3 is 2.10 bits per heavy atom. The maximum absolute atomic E-state index is 12.5. The number of rotatable bonds is 9. The smallest absolute Gasteiger partial charge is 0.331 e. The minimum absolute atomic E-state index is 0.118. The van der Waals surface area contributed by atoms with Crippen LogP contribution < -0.4 is 5.32 Å². The molecule has 3 amide bonds. The van der Waals surface area contributed by atoms with E-state index in [0.717, 1.165) is 7.11 Å². The second kappa shape index (κ2) is 9.28. The van der Waals surface area contributed by atoms with Crippen LogP contribution in [0, 0.1) is 0 Å². The number of carbonyl (C=O) groups excluding carboxylic acids is 4. The first-order chi connectivity index (χ1) is 13.7. The summed E-state index contributed by atoms with van der Waals surface area (Å²) < 4.78 is 9.66. The molecule has 1 heterocycles. The van der Waals surface area contributed by atoms with Crippen LogP contribution in [-0.2, 0) is 23.9 Å². The normalized spacial score (nSPS) is 16.0. The largest absolute Gasteiger partial charge is 0.480 e. The first-order valence-corrected chi connectivity index (χ1v) is 8.82. The van der Waals surface area contributed by atoms with Crippen LogP contribution in [0.4, 0.5) is 0 Å². The number of methoxy groups -OCH3 is 2. The van der Waals surface area contributed by atoms with Crippen molar-refractivity contribution in [3.05, 3.63) is 35.4 Å². The summed E-state index contributed by atoms with van der Waals surface area (Å²) in [5, 5.41) is 11.9. The molecule has 0 bridgehead atoms. The van der Waals surface area contributed by atoms with E-state index in [1.54, 1.807) is 19.1 Å². The molecule has 0 saturated carbocycles. The zero-order chi connectivity index (χ0) is 21.7. The van der Waals surface area contributed by atoms with Gasteiger partial charge in [0.25, 0.3) is 11.8 Å². The minimum Gasteiger partial charge on any atom is -0.480 e. The van der Waals surface area contributed by atoms with Gasteiger partial charge in [0.15, 0.2) is 6.04 Å². The topological polar surface area (TPSA) is 139 Å². The molecule has 2 unspecified atom stereocenters. The van der Waals surface area contributed by atoms with Crippen LogP contribution in [0.2, 0.25) is 0 Å². The Bertz CT molecular complexity index is 802. The van der Waals surface area contributed by atoms with Gasteiger partial charge >= 0.3 is 11.9 Å². The molecule has 10 heteroatoms. The lowest BCUT2D eigenvalue weighted by Gasteiger charge is -2.24. The second-order valence-corrected chi connectivity index (χ2v) is 6.43. The number of fused-ring (bicyclic) bond motifs is 1. The van der Waals surface area contributed by atoms with Crippen molar-refractivity contribution in [1.82, 2.24) is 10.2 Å². The monoisotopic (exact) mass is 406 g/mol. The highest BCUT2D eigenvalue weighted by atomic mass is 16.5. The fourth-order valence-electron chi connectivity index (χ4n) is 3.00. The molecule has 1 aromatic rings. The lowest BCUT2D eigenvalue weighted by molar-refractivity contribution is -0.149. The van der Waals surface area contributed by atoms with E-state index in [-0.39, 0.29) is 24.0 Å². The fraction of sp³-hybridized carbons (Fsp3) is 0.421. The summed E-state index contributed by atoms with van der Waals surface area (Å²) >= 11 is 0. The molecule has 29 heavy (non-hydrogen) atoms. The predicted molar refractivity (Wildman–Crippen MR) is 98.0 cm³/mol. The summed E-state index contributed by atoms with van der Waals surface area (Å²) in [7, 11) is 2.52. The molecule has 1 aliphatic rings. The summed E-state index contributed by atoms with van der Waals surface area (Å²) in [4.78, 5) is 61.4. The van der Waals surface area contributed by atoms with E-state index < -0.39 is 47.8 Å². The highest BCUT2D eigenvalue weighted by Gasteiger charge is 2.42. The second-order valence-electron chi connectivity index (χ2n) is 6.43. The molecule has 0 fully saturated rings. The minimum atomic E-state index is -1.52. The number of hydrogen-bond donors (Lipinski definition) is 2. The number of carboxylic acids is 1. The molecular weight excluding hydrogens is 384 g/mol. The maximum Gasteiger partial charge on any atom is 0.331 e. The Morgan fingerprint density at radius 2 is 1.66 bits per heavy atom. The van der Waals surface area contributed by atoms with Crippen LogP contribution in [0.15, 0.2) is 24.3 Å². The molecule has 0 aliphatic carbocycles. The van der Waals surface area contributed by atoms with Gasteiger partial charge in [-0.25, -0.2) is 9.59 Å². The fourth-order valence-corrected chi connectivity index (χ4v) is 3.00. The van der Waals surface area contributed by atoms with Crippen molar-refractivity contribution in [1.29, 1.82) is 0 Å². The molecule has 0 saturated heterocycles. The van der Waals surface area contributed by atoms with Crippen molar-refractivity contribution in [2.45, 2.75) is 38.0 Å². The van der Waals surface area contributed by atoms with E-state index in [1.807, 2.05) is 0 Å². The van der Waals surface area contributed by atoms with E-state index in [4.69, 9.17) is 4.74 Å². The molecule has 1 aliphatic heterocycles. The van der Waals surface area contributed by atoms with E-state index in [1.165, 1.54) is 19.2 Å². The van der Waals surface area contributed by atoms with Gasteiger partial charge in [0.1, 0.15) is 6.04 Å². The van der Waals surface area contributed by atoms with Crippen LogP contribution in [-0.4, -0.2) is 72.1 Å². The van der Waals surface area contributed by atoms with Crippen molar-refractivity contribution in [2.75, 3.05) is 14.2 Å². The number of imide groups is 1. The summed E-state index contributed by atoms with van der Waals surface area (Å²) in [5.74, 6) is -4.23. The van der Waals surface area contributed by atoms with Crippen molar-refractivity contribution >= 4 is 29.7 Å². The number of hydrogen-bond acceptors (Lipinski definition) is 7. The number of amides is 3. The predicted octanol–water partition coefficient (Wildman–Crippen LogP) is 0.209. The Morgan fingerprint density at radius 1 is 1.10 bits per heavy atom. The molecule has 10 nitrogen and oxygen atoms in total. The third kappa shape index (κ3) is 4.60. The number of aliphatic carboxylic acids is 1. The molecule has 0 aromatic heterocycles. The SMILES string of the molecule is COC(=O)[C@@H](NC(=O)CCC(C(=O)O)N1C(=O)c2ccccc2C1=O)C(C)OC. The molecule has 156 valence electrons. The summed E-state index contributed by atoms with van der Waals surface area (Å²) in [6, 6.07) is 3.41. The van der Waals surface area contributed by atoms with Gasteiger partial charge in [0.2, 0.25) is 5.91 Å². The number of carbonyl (C=O) groups is 5. The number of nitrogens with one attached hydrogen (secondary N) is 1. The van der Waals surface area contributed by atoms with Gasteiger partial charge in [-0.3, -0.25) is 19.3 Å². The highest BCUT2D eigenvalue weighted by Crippen LogP contribution is 2.26. The number of carboxylic acid groups (broad SMARTS) is 1. The summed E-state index contributed by atoms with van der Waals surface area (Å²) in [5.41, 5.74) is 0.237. The lowest BCUT2D eigenvalue weighted by atomic mass is 10.1. The van der Waals surface area contributed by atoms with Gasteiger partial charge in [0.05, 0.1) is 24.3 Å². The van der Waals surface area contributed by atoms with E-state index in [0.29, 0.717) is 4.90 Å². The highest BCUT2D eigenvalue weighted by molar-refractivity contribution is 6.22. The Kier molecular flexibility index (Phi) is 7.05. The average molecular weight is 406 g/mol. The van der Waals surface area contributed by atoms with E-state index >= 15 is 0 Å². The van der Waals surface area contributed by atoms with E-state index in [2.05, 4.69) is 10.1 Å². The van der Waals surface area contributed by atoms with Crippen molar-refractivity contribution in [3.63, 3.8) is 0 Å². The molecule has 0 radical (unpaired) electrons. The Balaban J connectivity index is 2.10. The number of nitrogens with zero attached hydrogens (tertiary/aromatic N) is 1. The third-order valence-corrected chi connectivity index (χ3v) is 4.68. The lowest BCUT2D eigenvalue weighted by Crippen LogP contribution is -2.50. The molecule has 3 atom stereocenters. The molecule has 1 aromatic carbocycles. The average Bonchev–Trinajstić information content (AvgIpc) is 2.96. The van der Waals surface area contributed by atoms with Crippen molar-refractivity contribution in [2.24, 2.45) is 0 Å². The molecule has 2 N–H and O–H groups in total. The zero-order valence-electron chi connectivity index (χ0n) is 16.2. The van der Waals surface area contributed by atoms with Gasteiger partial charge < -0.3 is 19.9 Å². The van der Waals surface area contributed by atoms with Crippen LogP contribution in [0.25, 0.3) is 0 Å². The molecule has 0 spiro atoms.